The lowest BCUT2D eigenvalue weighted by atomic mass is 10.0. The van der Waals surface area contributed by atoms with Gasteiger partial charge >= 0.3 is 0 Å². The first kappa shape index (κ1) is 30.4. The molecule has 0 aliphatic carbocycles. The maximum atomic E-state index is 12.4. The van der Waals surface area contributed by atoms with Crippen LogP contribution >= 0.6 is 0 Å². The molecule has 1 amide bonds. The molecule has 6 aromatic rings. The van der Waals surface area contributed by atoms with E-state index in [2.05, 4.69) is 162 Å². The van der Waals surface area contributed by atoms with Crippen molar-refractivity contribution < 1.29 is 4.79 Å². The number of benzene rings is 6. The van der Waals surface area contributed by atoms with Crippen LogP contribution in [0.5, 0.6) is 0 Å². The van der Waals surface area contributed by atoms with Crippen molar-refractivity contribution in [3.8, 4) is 11.1 Å². The average molecular weight is 602 g/mol. The number of nitrogens with one attached hydrogen (secondary N) is 1. The van der Waals surface area contributed by atoms with Crippen LogP contribution in [0.15, 0.2) is 158 Å². The molecular formula is C42H39N3O. The van der Waals surface area contributed by atoms with Crippen LogP contribution in [0.2, 0.25) is 0 Å². The van der Waals surface area contributed by atoms with Gasteiger partial charge in [0, 0.05) is 45.7 Å². The Morgan fingerprint density at radius 3 is 1.46 bits per heavy atom. The molecule has 0 heterocycles. The number of hydrogen-bond acceptors (Lipinski definition) is 3. The second-order valence-corrected chi connectivity index (χ2v) is 11.6. The molecule has 0 spiro atoms. The molecule has 0 aromatic heterocycles. The number of nitrogens with zero attached hydrogens (tertiary/aromatic N) is 2. The Labute approximate surface area is 272 Å². The van der Waals surface area contributed by atoms with Gasteiger partial charge in [0.25, 0.3) is 0 Å². The summed E-state index contributed by atoms with van der Waals surface area (Å²) in [6, 6.07) is 54.9. The molecular weight excluding hydrogens is 562 g/mol. The predicted molar refractivity (Wildman–Crippen MR) is 194 cm³/mol. The Balaban J connectivity index is 1.27. The fourth-order valence-corrected chi connectivity index (χ4v) is 5.59. The number of rotatable bonds is 10. The highest BCUT2D eigenvalue weighted by Crippen LogP contribution is 2.39. The van der Waals surface area contributed by atoms with Gasteiger partial charge in [0.2, 0.25) is 5.91 Å². The van der Waals surface area contributed by atoms with Crippen LogP contribution in [0.4, 0.5) is 39.8 Å². The molecule has 0 aliphatic rings. The maximum Gasteiger partial charge on any atom is 0.227 e. The molecule has 4 heteroatoms. The number of aryl methyl sites for hydroxylation is 1. The van der Waals surface area contributed by atoms with Crippen molar-refractivity contribution in [2.45, 2.75) is 27.2 Å². The van der Waals surface area contributed by atoms with E-state index >= 15 is 0 Å². The van der Waals surface area contributed by atoms with E-state index in [1.54, 1.807) is 0 Å². The molecule has 0 aliphatic heterocycles. The van der Waals surface area contributed by atoms with Gasteiger partial charge in [-0.1, -0.05) is 92.7 Å². The first-order valence-electron chi connectivity index (χ1n) is 15.9. The first-order valence-corrected chi connectivity index (χ1v) is 15.9. The van der Waals surface area contributed by atoms with E-state index in [0.29, 0.717) is 0 Å². The third-order valence-corrected chi connectivity index (χ3v) is 8.42. The van der Waals surface area contributed by atoms with Gasteiger partial charge in [0.05, 0.1) is 0 Å². The minimum atomic E-state index is -0.0222. The number of hydrogen-bond donors (Lipinski definition) is 1. The van der Waals surface area contributed by atoms with Gasteiger partial charge in [-0.15, -0.1) is 0 Å². The monoisotopic (exact) mass is 601 g/mol. The summed E-state index contributed by atoms with van der Waals surface area (Å²) in [5.74, 6) is 0.0211. The summed E-state index contributed by atoms with van der Waals surface area (Å²) >= 11 is 0. The topological polar surface area (TPSA) is 35.6 Å². The standard InChI is InChI=1S/C42H39N3O/c1-4-31(2)42(46)43-35-23-29-39(30-24-35)44(36-14-7-5-8-15-36)38-25-19-33(20-26-38)34-21-27-40(28-22-34)45(37-16-9-6-10-17-37)41-18-12-11-13-32(41)3/h5-31H,4H2,1-3H3,(H,43,46). The normalized spacial score (nSPS) is 11.5. The number of para-hydroxylation sites is 3. The lowest BCUT2D eigenvalue weighted by Crippen LogP contribution is -2.19. The zero-order valence-corrected chi connectivity index (χ0v) is 26.6. The van der Waals surface area contributed by atoms with E-state index in [4.69, 9.17) is 0 Å². The smallest absolute Gasteiger partial charge is 0.227 e. The molecule has 1 atom stereocenters. The van der Waals surface area contributed by atoms with E-state index in [1.165, 1.54) is 5.56 Å². The maximum absolute atomic E-state index is 12.4. The Hall–Kier alpha value is -5.61. The summed E-state index contributed by atoms with van der Waals surface area (Å²) in [6.45, 7) is 6.13. The summed E-state index contributed by atoms with van der Waals surface area (Å²) in [4.78, 5) is 17.0. The number of carbonyl (C=O) groups is 1. The van der Waals surface area contributed by atoms with Crippen LogP contribution in [0.3, 0.4) is 0 Å². The highest BCUT2D eigenvalue weighted by Gasteiger charge is 2.16. The summed E-state index contributed by atoms with van der Waals surface area (Å²) in [5, 5.41) is 3.04. The summed E-state index contributed by atoms with van der Waals surface area (Å²) in [5.41, 5.74) is 10.9. The zero-order chi connectivity index (χ0) is 31.9. The second kappa shape index (κ2) is 14.0. The van der Waals surface area contributed by atoms with Crippen LogP contribution < -0.4 is 15.1 Å². The van der Waals surface area contributed by atoms with E-state index in [0.717, 1.165) is 57.4 Å². The Bertz CT molecular complexity index is 1870. The highest BCUT2D eigenvalue weighted by molar-refractivity contribution is 5.92. The highest BCUT2D eigenvalue weighted by atomic mass is 16.1. The quantitative estimate of drug-likeness (QED) is 0.170. The molecule has 1 unspecified atom stereocenters. The van der Waals surface area contributed by atoms with Crippen LogP contribution in [0.1, 0.15) is 25.8 Å². The van der Waals surface area contributed by atoms with E-state index < -0.39 is 0 Å². The van der Waals surface area contributed by atoms with E-state index in [-0.39, 0.29) is 11.8 Å². The van der Waals surface area contributed by atoms with Crippen molar-refractivity contribution in [2.24, 2.45) is 5.92 Å². The number of amides is 1. The van der Waals surface area contributed by atoms with Gasteiger partial charge in [0.1, 0.15) is 0 Å². The molecule has 6 rings (SSSR count). The van der Waals surface area contributed by atoms with Crippen LogP contribution in [-0.2, 0) is 4.79 Å². The largest absolute Gasteiger partial charge is 0.326 e. The molecule has 0 saturated carbocycles. The van der Waals surface area contributed by atoms with Crippen LogP contribution in [0, 0.1) is 12.8 Å². The molecule has 228 valence electrons. The van der Waals surface area contributed by atoms with E-state index in [9.17, 15) is 4.79 Å². The van der Waals surface area contributed by atoms with Gasteiger partial charge in [-0.2, -0.15) is 0 Å². The molecule has 46 heavy (non-hydrogen) atoms. The van der Waals surface area contributed by atoms with Gasteiger partial charge < -0.3 is 15.1 Å². The summed E-state index contributed by atoms with van der Waals surface area (Å²) in [6.07, 6.45) is 0.811. The van der Waals surface area contributed by atoms with Gasteiger partial charge in [-0.25, -0.2) is 0 Å². The number of anilines is 7. The van der Waals surface area contributed by atoms with Gasteiger partial charge in [-0.3, -0.25) is 4.79 Å². The average Bonchev–Trinajstić information content (AvgIpc) is 3.11. The Morgan fingerprint density at radius 2 is 0.957 bits per heavy atom. The minimum absolute atomic E-state index is 0.0222. The molecule has 0 bridgehead atoms. The van der Waals surface area contributed by atoms with Crippen molar-refractivity contribution in [1.82, 2.24) is 0 Å². The van der Waals surface area contributed by atoms with Crippen molar-refractivity contribution in [2.75, 3.05) is 15.1 Å². The summed E-state index contributed by atoms with van der Waals surface area (Å²) in [7, 11) is 0. The fourth-order valence-electron chi connectivity index (χ4n) is 5.59. The zero-order valence-electron chi connectivity index (χ0n) is 26.6. The first-order chi connectivity index (χ1) is 22.5. The molecule has 4 nitrogen and oxygen atoms in total. The van der Waals surface area contributed by atoms with Crippen molar-refractivity contribution in [3.05, 3.63) is 163 Å². The van der Waals surface area contributed by atoms with Gasteiger partial charge in [-0.05, 0) is 109 Å². The fraction of sp³-hybridized carbons (Fsp3) is 0.119. The molecule has 1 N–H and O–H groups in total. The molecule has 0 fully saturated rings. The third kappa shape index (κ3) is 6.72. The predicted octanol–water partition coefficient (Wildman–Crippen LogP) is 11.6. The third-order valence-electron chi connectivity index (χ3n) is 8.42. The second-order valence-electron chi connectivity index (χ2n) is 11.6. The van der Waals surface area contributed by atoms with Crippen molar-refractivity contribution >= 4 is 45.7 Å². The Kier molecular flexibility index (Phi) is 9.26. The SMILES string of the molecule is CCC(C)C(=O)Nc1ccc(N(c2ccccc2)c2ccc(-c3ccc(N(c4ccccc4)c4ccccc4C)cc3)cc2)cc1. The van der Waals surface area contributed by atoms with Crippen LogP contribution in [-0.4, -0.2) is 5.91 Å². The van der Waals surface area contributed by atoms with Crippen molar-refractivity contribution in [1.29, 1.82) is 0 Å². The van der Waals surface area contributed by atoms with E-state index in [1.807, 2.05) is 32.0 Å². The minimum Gasteiger partial charge on any atom is -0.326 e. The molecule has 0 radical (unpaired) electrons. The lowest BCUT2D eigenvalue weighted by molar-refractivity contribution is -0.119. The van der Waals surface area contributed by atoms with Crippen molar-refractivity contribution in [3.63, 3.8) is 0 Å². The molecule has 6 aromatic carbocycles. The Morgan fingerprint density at radius 1 is 0.543 bits per heavy atom. The molecule has 0 saturated heterocycles. The number of carbonyl (C=O) groups excluding carboxylic acids is 1. The van der Waals surface area contributed by atoms with Gasteiger partial charge in [0.15, 0.2) is 0 Å². The summed E-state index contributed by atoms with van der Waals surface area (Å²) < 4.78 is 0. The lowest BCUT2D eigenvalue weighted by Gasteiger charge is -2.27. The van der Waals surface area contributed by atoms with Crippen LogP contribution in [0.25, 0.3) is 11.1 Å².